The van der Waals surface area contributed by atoms with Crippen molar-refractivity contribution in [3.05, 3.63) is 71.3 Å². The molecule has 152 valence electrons. The van der Waals surface area contributed by atoms with Gasteiger partial charge in [-0.05, 0) is 24.5 Å². The maximum absolute atomic E-state index is 13.4. The summed E-state index contributed by atoms with van der Waals surface area (Å²) in [4.78, 5) is 32.1. The van der Waals surface area contributed by atoms with Crippen molar-refractivity contribution in [2.75, 3.05) is 26.7 Å². The molecule has 2 saturated heterocycles. The lowest BCUT2D eigenvalue weighted by Gasteiger charge is -2.40. The van der Waals surface area contributed by atoms with Crippen LogP contribution in [0.3, 0.4) is 0 Å². The van der Waals surface area contributed by atoms with Crippen LogP contribution in [0.2, 0.25) is 0 Å². The van der Waals surface area contributed by atoms with Crippen molar-refractivity contribution in [3.8, 4) is 0 Å². The van der Waals surface area contributed by atoms with Gasteiger partial charge in [-0.15, -0.1) is 0 Å². The first-order valence-corrected chi connectivity index (χ1v) is 10.4. The molecule has 0 aromatic heterocycles. The van der Waals surface area contributed by atoms with E-state index in [4.69, 9.17) is 0 Å². The number of rotatable bonds is 4. The molecule has 2 atom stereocenters. The van der Waals surface area contributed by atoms with E-state index >= 15 is 0 Å². The Balaban J connectivity index is 1.52. The molecule has 0 aliphatic carbocycles. The minimum Gasteiger partial charge on any atom is -0.340 e. The number of benzene rings is 2. The maximum atomic E-state index is 13.4. The molecule has 2 aliphatic rings. The molecule has 0 unspecified atom stereocenters. The number of nitrogens with zero attached hydrogens (tertiary/aromatic N) is 3. The zero-order valence-corrected chi connectivity index (χ0v) is 17.3. The summed E-state index contributed by atoms with van der Waals surface area (Å²) >= 11 is 0. The van der Waals surface area contributed by atoms with Crippen molar-refractivity contribution in [1.82, 2.24) is 14.7 Å². The summed E-state index contributed by atoms with van der Waals surface area (Å²) in [5.41, 5.74) is 3.58. The first-order valence-electron chi connectivity index (χ1n) is 10.4. The minimum absolute atomic E-state index is 0.00969. The summed E-state index contributed by atoms with van der Waals surface area (Å²) in [7, 11) is 1.86. The zero-order valence-electron chi connectivity index (χ0n) is 17.3. The van der Waals surface area contributed by atoms with E-state index < -0.39 is 0 Å². The number of carbonyl (C=O) groups excluding carboxylic acids is 2. The Morgan fingerprint density at radius 2 is 1.72 bits per heavy atom. The highest BCUT2D eigenvalue weighted by molar-refractivity contribution is 5.89. The molecule has 0 spiro atoms. The number of fused-ring (bicyclic) bond motifs is 1. The van der Waals surface area contributed by atoms with Crippen LogP contribution in [0.5, 0.6) is 0 Å². The van der Waals surface area contributed by atoms with Gasteiger partial charge in [0.2, 0.25) is 11.8 Å². The molecular weight excluding hydrogens is 362 g/mol. The number of piperidine rings is 1. The van der Waals surface area contributed by atoms with Crippen LogP contribution in [-0.4, -0.2) is 59.2 Å². The second-order valence-electron chi connectivity index (χ2n) is 8.37. The minimum atomic E-state index is -0.172. The van der Waals surface area contributed by atoms with Crippen LogP contribution in [0, 0.1) is 12.8 Å². The van der Waals surface area contributed by atoms with Crippen LogP contribution in [-0.2, 0) is 22.7 Å². The Labute approximate surface area is 172 Å². The van der Waals surface area contributed by atoms with Gasteiger partial charge in [0, 0.05) is 39.3 Å². The number of aryl methyl sites for hydroxylation is 1. The summed E-state index contributed by atoms with van der Waals surface area (Å²) in [5.74, 6) is -0.0341. The molecule has 2 aromatic carbocycles. The van der Waals surface area contributed by atoms with Crippen LogP contribution in [0.4, 0.5) is 0 Å². The fourth-order valence-corrected chi connectivity index (χ4v) is 4.64. The third-order valence-corrected chi connectivity index (χ3v) is 6.21. The highest BCUT2D eigenvalue weighted by atomic mass is 16.2. The average Bonchev–Trinajstić information content (AvgIpc) is 2.80. The fourth-order valence-electron chi connectivity index (χ4n) is 4.64. The van der Waals surface area contributed by atoms with Crippen LogP contribution in [0.15, 0.2) is 54.6 Å². The predicted molar refractivity (Wildman–Crippen MR) is 113 cm³/mol. The third-order valence-electron chi connectivity index (χ3n) is 6.21. The van der Waals surface area contributed by atoms with Gasteiger partial charge in [0.25, 0.3) is 0 Å². The third kappa shape index (κ3) is 4.35. The van der Waals surface area contributed by atoms with Gasteiger partial charge in [-0.3, -0.25) is 14.5 Å². The molecule has 2 heterocycles. The smallest absolute Gasteiger partial charge is 0.242 e. The number of likely N-dealkylation sites (tertiary alicyclic amines) is 1. The lowest BCUT2D eigenvalue weighted by atomic mass is 9.90. The number of hydrogen-bond acceptors (Lipinski definition) is 3. The van der Waals surface area contributed by atoms with E-state index in [1.165, 1.54) is 11.1 Å². The van der Waals surface area contributed by atoms with Crippen molar-refractivity contribution in [2.24, 2.45) is 5.92 Å². The molecule has 5 nitrogen and oxygen atoms in total. The van der Waals surface area contributed by atoms with Crippen molar-refractivity contribution in [3.63, 3.8) is 0 Å². The molecule has 29 heavy (non-hydrogen) atoms. The van der Waals surface area contributed by atoms with Crippen molar-refractivity contribution >= 4 is 11.8 Å². The Kier molecular flexibility index (Phi) is 5.67. The molecule has 0 saturated carbocycles. The van der Waals surface area contributed by atoms with Crippen LogP contribution >= 0.6 is 0 Å². The molecule has 2 aliphatic heterocycles. The van der Waals surface area contributed by atoms with Gasteiger partial charge in [-0.1, -0.05) is 60.2 Å². The Bertz CT molecular complexity index is 883. The van der Waals surface area contributed by atoms with E-state index in [0.717, 1.165) is 25.1 Å². The second-order valence-corrected chi connectivity index (χ2v) is 8.37. The molecule has 5 heteroatoms. The molecule has 4 rings (SSSR count). The van der Waals surface area contributed by atoms with E-state index in [9.17, 15) is 9.59 Å². The van der Waals surface area contributed by atoms with E-state index in [0.29, 0.717) is 13.1 Å². The Hall–Kier alpha value is -2.66. The highest BCUT2D eigenvalue weighted by Crippen LogP contribution is 2.28. The second kappa shape index (κ2) is 8.37. The SMILES string of the molecule is Cc1cccc(CN2CC[C@@H]3[C@H](C2)C(=O)N(Cc2ccccc2)CC(=O)N3C)c1. The molecule has 0 radical (unpaired) electrons. The summed E-state index contributed by atoms with van der Waals surface area (Å²) in [6.07, 6.45) is 0.837. The summed E-state index contributed by atoms with van der Waals surface area (Å²) in [6.45, 7) is 5.19. The topological polar surface area (TPSA) is 43.9 Å². The van der Waals surface area contributed by atoms with Crippen molar-refractivity contribution in [2.45, 2.75) is 32.5 Å². The predicted octanol–water partition coefficient (Wildman–Crippen LogP) is 2.69. The van der Waals surface area contributed by atoms with Gasteiger partial charge in [-0.2, -0.15) is 0 Å². The van der Waals surface area contributed by atoms with E-state index in [1.807, 2.05) is 42.3 Å². The first-order chi connectivity index (χ1) is 14.0. The maximum Gasteiger partial charge on any atom is 0.242 e. The van der Waals surface area contributed by atoms with Gasteiger partial charge >= 0.3 is 0 Å². The van der Waals surface area contributed by atoms with E-state index in [2.05, 4.69) is 36.1 Å². The van der Waals surface area contributed by atoms with Gasteiger partial charge < -0.3 is 9.80 Å². The quantitative estimate of drug-likeness (QED) is 0.805. The monoisotopic (exact) mass is 391 g/mol. The molecule has 0 bridgehead atoms. The van der Waals surface area contributed by atoms with Gasteiger partial charge in [-0.25, -0.2) is 0 Å². The van der Waals surface area contributed by atoms with Crippen LogP contribution in [0.25, 0.3) is 0 Å². The average molecular weight is 392 g/mol. The van der Waals surface area contributed by atoms with Crippen molar-refractivity contribution in [1.29, 1.82) is 0 Å². The number of carbonyl (C=O) groups is 2. The lowest BCUT2D eigenvalue weighted by Crippen LogP contribution is -2.53. The fraction of sp³-hybridized carbons (Fsp3) is 0.417. The normalized spacial score (nSPS) is 23.1. The standard InChI is InChI=1S/C24H29N3O2/c1-18-7-6-10-20(13-18)14-26-12-11-22-21(16-26)24(29)27(17-23(28)25(22)2)15-19-8-4-3-5-9-19/h3-10,13,21-22H,11-12,14-17H2,1-2H3/t21-,22+/m0/s1. The number of amides is 2. The summed E-state index contributed by atoms with van der Waals surface area (Å²) < 4.78 is 0. The zero-order chi connectivity index (χ0) is 20.4. The molecule has 2 aromatic rings. The van der Waals surface area contributed by atoms with E-state index in [1.54, 1.807) is 4.90 Å². The van der Waals surface area contributed by atoms with Crippen LogP contribution < -0.4 is 0 Å². The van der Waals surface area contributed by atoms with E-state index in [-0.39, 0.29) is 30.3 Å². The highest BCUT2D eigenvalue weighted by Gasteiger charge is 2.43. The molecular formula is C24H29N3O2. The van der Waals surface area contributed by atoms with Gasteiger partial charge in [0.05, 0.1) is 5.92 Å². The lowest BCUT2D eigenvalue weighted by molar-refractivity contribution is -0.138. The van der Waals surface area contributed by atoms with Gasteiger partial charge in [0.1, 0.15) is 6.54 Å². The van der Waals surface area contributed by atoms with Crippen molar-refractivity contribution < 1.29 is 9.59 Å². The molecule has 2 fully saturated rings. The number of hydrogen-bond donors (Lipinski definition) is 0. The molecule has 2 amide bonds. The first kappa shape index (κ1) is 19.6. The van der Waals surface area contributed by atoms with Crippen LogP contribution in [0.1, 0.15) is 23.1 Å². The summed E-state index contributed by atoms with van der Waals surface area (Å²) in [5, 5.41) is 0. The largest absolute Gasteiger partial charge is 0.340 e. The van der Waals surface area contributed by atoms with Gasteiger partial charge in [0.15, 0.2) is 0 Å². The summed E-state index contributed by atoms with van der Waals surface area (Å²) in [6, 6.07) is 18.5. The number of likely N-dealkylation sites (N-methyl/N-ethyl adjacent to an activating group) is 1. The molecule has 0 N–H and O–H groups in total. The Morgan fingerprint density at radius 1 is 0.966 bits per heavy atom. The Morgan fingerprint density at radius 3 is 2.48 bits per heavy atom.